The zero-order valence-corrected chi connectivity index (χ0v) is 15.6. The first kappa shape index (κ1) is 17.2. The van der Waals surface area contributed by atoms with Gasteiger partial charge in [0.25, 0.3) is 5.91 Å². The number of hydrogen-bond acceptors (Lipinski definition) is 6. The summed E-state index contributed by atoms with van der Waals surface area (Å²) in [5.74, 6) is -0.519. The van der Waals surface area contributed by atoms with Crippen LogP contribution < -0.4 is 11.5 Å². The largest absolute Gasteiger partial charge is 0.390 e. The molecule has 6 nitrogen and oxygen atoms in total. The molecule has 0 saturated heterocycles. The highest BCUT2D eigenvalue weighted by Gasteiger charge is 2.53. The fraction of sp³-hybridized carbons (Fsp3) is 0.368. The van der Waals surface area contributed by atoms with Crippen LogP contribution in [0.3, 0.4) is 0 Å². The first-order valence-electron chi connectivity index (χ1n) is 8.53. The van der Waals surface area contributed by atoms with Gasteiger partial charge in [0.05, 0.1) is 34.0 Å². The minimum atomic E-state index is -0.604. The molecular weight excluding hydrogens is 350 g/mol. The van der Waals surface area contributed by atoms with Crippen molar-refractivity contribution >= 4 is 28.0 Å². The summed E-state index contributed by atoms with van der Waals surface area (Å²) in [7, 11) is 3.51. The number of Topliss-reactive ketones (excluding diaryl/α,β-unsaturated/α-hetero) is 1. The van der Waals surface area contributed by atoms with Crippen LogP contribution in [-0.4, -0.2) is 30.9 Å². The number of rotatable bonds is 3. The van der Waals surface area contributed by atoms with E-state index in [-0.39, 0.29) is 11.8 Å². The van der Waals surface area contributed by atoms with Crippen molar-refractivity contribution in [3.63, 3.8) is 0 Å². The SMILES string of the molecule is CON(C)C1CC2(CCc3c(sc(N)c3C(N)=O)C2=O)c2ccccc21. The molecule has 1 heterocycles. The third-order valence-corrected chi connectivity index (χ3v) is 6.89. The highest BCUT2D eigenvalue weighted by molar-refractivity contribution is 7.18. The average molecular weight is 371 g/mol. The van der Waals surface area contributed by atoms with Crippen LogP contribution in [-0.2, 0) is 16.7 Å². The molecule has 1 amide bonds. The Labute approximate surface area is 155 Å². The van der Waals surface area contributed by atoms with Crippen molar-refractivity contribution in [3.8, 4) is 0 Å². The van der Waals surface area contributed by atoms with Crippen molar-refractivity contribution in [2.45, 2.75) is 30.7 Å². The zero-order chi connectivity index (χ0) is 18.6. The van der Waals surface area contributed by atoms with Crippen LogP contribution in [0, 0.1) is 0 Å². The summed E-state index contributed by atoms with van der Waals surface area (Å²) in [5.41, 5.74) is 14.1. The minimum Gasteiger partial charge on any atom is -0.390 e. The molecule has 4 N–H and O–H groups in total. The highest BCUT2D eigenvalue weighted by Crippen LogP contribution is 2.54. The number of carbonyl (C=O) groups is 2. The molecule has 2 aromatic rings. The quantitative estimate of drug-likeness (QED) is 0.808. The van der Waals surface area contributed by atoms with Crippen molar-refractivity contribution in [1.29, 1.82) is 0 Å². The van der Waals surface area contributed by atoms with E-state index in [1.165, 1.54) is 11.3 Å². The second-order valence-corrected chi connectivity index (χ2v) is 8.01. The fourth-order valence-corrected chi connectivity index (χ4v) is 5.68. The second-order valence-electron chi connectivity index (χ2n) is 6.96. The van der Waals surface area contributed by atoms with E-state index >= 15 is 0 Å². The van der Waals surface area contributed by atoms with E-state index in [1.54, 1.807) is 12.2 Å². The monoisotopic (exact) mass is 371 g/mol. The van der Waals surface area contributed by atoms with E-state index in [1.807, 2.05) is 25.2 Å². The molecule has 0 radical (unpaired) electrons. The number of carbonyl (C=O) groups excluding carboxylic acids is 2. The summed E-state index contributed by atoms with van der Waals surface area (Å²) in [6.45, 7) is 0. The molecule has 2 aliphatic rings. The van der Waals surface area contributed by atoms with Gasteiger partial charge < -0.3 is 16.3 Å². The lowest BCUT2D eigenvalue weighted by Gasteiger charge is -2.33. The summed E-state index contributed by atoms with van der Waals surface area (Å²) in [6.07, 6.45) is 1.91. The van der Waals surface area contributed by atoms with Crippen LogP contribution in [0.1, 0.15) is 55.6 Å². The van der Waals surface area contributed by atoms with E-state index < -0.39 is 11.3 Å². The van der Waals surface area contributed by atoms with Gasteiger partial charge in [0.1, 0.15) is 0 Å². The van der Waals surface area contributed by atoms with E-state index in [9.17, 15) is 9.59 Å². The molecule has 7 heteroatoms. The van der Waals surface area contributed by atoms with Gasteiger partial charge in [-0.25, -0.2) is 0 Å². The summed E-state index contributed by atoms with van der Waals surface area (Å²) in [6, 6.07) is 8.06. The maximum absolute atomic E-state index is 13.6. The second kappa shape index (κ2) is 5.90. The number of ketones is 1. The van der Waals surface area contributed by atoms with Crippen LogP contribution in [0.2, 0.25) is 0 Å². The number of hydroxylamine groups is 2. The Morgan fingerprint density at radius 1 is 1.38 bits per heavy atom. The third-order valence-electron chi connectivity index (χ3n) is 5.83. The molecule has 2 aliphatic carbocycles. The van der Waals surface area contributed by atoms with E-state index in [2.05, 4.69) is 6.07 Å². The number of hydrogen-bond donors (Lipinski definition) is 2. The summed E-state index contributed by atoms with van der Waals surface area (Å²) in [5, 5.41) is 2.14. The summed E-state index contributed by atoms with van der Waals surface area (Å²) < 4.78 is 0. The van der Waals surface area contributed by atoms with Crippen LogP contribution in [0.4, 0.5) is 5.00 Å². The lowest BCUT2D eigenvalue weighted by atomic mass is 9.69. The zero-order valence-electron chi connectivity index (χ0n) is 14.7. The van der Waals surface area contributed by atoms with Gasteiger partial charge in [-0.05, 0) is 36.0 Å². The summed E-state index contributed by atoms with van der Waals surface area (Å²) >= 11 is 1.19. The number of nitrogens with two attached hydrogens (primary N) is 2. The van der Waals surface area contributed by atoms with E-state index in [0.717, 1.165) is 16.7 Å². The standard InChI is InChI=1S/C19H21N3O3S/c1-22(25-2)13-9-19(12-6-4-3-5-10(12)13)8-7-11-14(17(20)24)18(21)26-15(11)16(19)23/h3-6,13H,7-9,21H2,1-2H3,(H2,20,24). The van der Waals surface area contributed by atoms with Crippen LogP contribution in [0.5, 0.6) is 0 Å². The molecule has 4 rings (SSSR count). The van der Waals surface area contributed by atoms with Crippen LogP contribution in [0.15, 0.2) is 24.3 Å². The average Bonchev–Trinajstić information content (AvgIpc) is 3.14. The molecule has 26 heavy (non-hydrogen) atoms. The highest BCUT2D eigenvalue weighted by atomic mass is 32.1. The predicted molar refractivity (Wildman–Crippen MR) is 100 cm³/mol. The number of fused-ring (bicyclic) bond motifs is 3. The van der Waals surface area contributed by atoms with Crippen LogP contribution in [0.25, 0.3) is 0 Å². The topological polar surface area (TPSA) is 98.7 Å². The Morgan fingerprint density at radius 3 is 2.81 bits per heavy atom. The first-order valence-corrected chi connectivity index (χ1v) is 9.34. The molecule has 0 bridgehead atoms. The van der Waals surface area contributed by atoms with Gasteiger partial charge in [-0.15, -0.1) is 11.3 Å². The van der Waals surface area contributed by atoms with Crippen molar-refractivity contribution in [2.24, 2.45) is 5.73 Å². The van der Waals surface area contributed by atoms with Gasteiger partial charge in [0.2, 0.25) is 0 Å². The Kier molecular flexibility index (Phi) is 3.91. The van der Waals surface area contributed by atoms with Gasteiger partial charge in [-0.2, -0.15) is 5.06 Å². The Hall–Kier alpha value is -2.22. The number of amides is 1. The van der Waals surface area contributed by atoms with E-state index in [0.29, 0.717) is 34.7 Å². The van der Waals surface area contributed by atoms with Crippen molar-refractivity contribution in [2.75, 3.05) is 19.9 Å². The maximum Gasteiger partial charge on any atom is 0.251 e. The molecule has 1 aromatic carbocycles. The lowest BCUT2D eigenvalue weighted by molar-refractivity contribution is -0.144. The van der Waals surface area contributed by atoms with Gasteiger partial charge >= 0.3 is 0 Å². The van der Waals surface area contributed by atoms with Gasteiger partial charge in [0, 0.05) is 7.05 Å². The van der Waals surface area contributed by atoms with Crippen molar-refractivity contribution < 1.29 is 14.4 Å². The molecule has 0 aliphatic heterocycles. The molecule has 2 unspecified atom stereocenters. The van der Waals surface area contributed by atoms with Crippen molar-refractivity contribution in [1.82, 2.24) is 5.06 Å². The number of nitrogens with zero attached hydrogens (tertiary/aromatic N) is 1. The van der Waals surface area contributed by atoms with Gasteiger partial charge in [0.15, 0.2) is 5.78 Å². The fourth-order valence-electron chi connectivity index (χ4n) is 4.52. The van der Waals surface area contributed by atoms with Gasteiger partial charge in [-0.1, -0.05) is 24.3 Å². The molecule has 1 spiro atoms. The Bertz CT molecular complexity index is 923. The number of nitrogen functional groups attached to an aromatic ring is 1. The first-order chi connectivity index (χ1) is 12.4. The van der Waals surface area contributed by atoms with E-state index in [4.69, 9.17) is 16.3 Å². The third kappa shape index (κ3) is 2.17. The smallest absolute Gasteiger partial charge is 0.251 e. The van der Waals surface area contributed by atoms with Crippen molar-refractivity contribution in [3.05, 3.63) is 51.4 Å². The number of thiophene rings is 1. The molecule has 0 fully saturated rings. The molecular formula is C19H21N3O3S. The Morgan fingerprint density at radius 2 is 2.12 bits per heavy atom. The summed E-state index contributed by atoms with van der Waals surface area (Å²) in [4.78, 5) is 31.4. The molecule has 136 valence electrons. The number of anilines is 1. The predicted octanol–water partition coefficient (Wildman–Crippen LogP) is 2.43. The number of benzene rings is 1. The van der Waals surface area contributed by atoms with Crippen LogP contribution >= 0.6 is 11.3 Å². The lowest BCUT2D eigenvalue weighted by Crippen LogP contribution is -2.39. The normalized spacial score (nSPS) is 24.1. The molecule has 0 saturated carbocycles. The maximum atomic E-state index is 13.6. The number of primary amides is 1. The molecule has 2 atom stereocenters. The Balaban J connectivity index is 1.85. The minimum absolute atomic E-state index is 0.00891. The van der Waals surface area contributed by atoms with Gasteiger partial charge in [-0.3, -0.25) is 9.59 Å². The molecule has 1 aromatic heterocycles.